The third kappa shape index (κ3) is 6.58. The Kier molecular flexibility index (Phi) is 8.23. The van der Waals surface area contributed by atoms with E-state index >= 15 is 0 Å². The molecule has 2 N–H and O–H groups in total. The van der Waals surface area contributed by atoms with Gasteiger partial charge in [0.2, 0.25) is 0 Å². The number of hydrogen-bond acceptors (Lipinski definition) is 6. The van der Waals surface area contributed by atoms with E-state index < -0.39 is 0 Å². The van der Waals surface area contributed by atoms with Crippen molar-refractivity contribution in [3.63, 3.8) is 0 Å². The molecule has 0 atom stereocenters. The van der Waals surface area contributed by atoms with Crippen LogP contribution in [0.5, 0.6) is 17.2 Å². The molecule has 0 spiro atoms. The molecule has 0 radical (unpaired) electrons. The van der Waals surface area contributed by atoms with Crippen molar-refractivity contribution < 1.29 is 23.8 Å². The first-order chi connectivity index (χ1) is 18.1. The topological polar surface area (TPSA) is 89.1 Å². The first-order valence-corrected chi connectivity index (χ1v) is 11.5. The predicted octanol–water partition coefficient (Wildman–Crippen LogP) is 5.20. The average molecular weight is 498 g/mol. The number of benzene rings is 4. The Hall–Kier alpha value is -4.98. The number of para-hydroxylation sites is 2. The number of hydrazine groups is 1. The third-order valence-electron chi connectivity index (χ3n) is 5.40. The zero-order valence-corrected chi connectivity index (χ0v) is 20.5. The van der Waals surface area contributed by atoms with Gasteiger partial charge >= 0.3 is 0 Å². The van der Waals surface area contributed by atoms with E-state index in [0.717, 1.165) is 11.4 Å². The highest BCUT2D eigenvalue weighted by Crippen LogP contribution is 2.29. The smallest absolute Gasteiger partial charge is 0.270 e. The summed E-state index contributed by atoms with van der Waals surface area (Å²) in [5.74, 6) is 0.687. The van der Waals surface area contributed by atoms with Crippen molar-refractivity contribution in [3.8, 4) is 17.2 Å². The maximum absolute atomic E-state index is 13.2. The summed E-state index contributed by atoms with van der Waals surface area (Å²) in [6.07, 6.45) is 0. The summed E-state index contributed by atoms with van der Waals surface area (Å²) >= 11 is 0. The van der Waals surface area contributed by atoms with E-state index in [-0.39, 0.29) is 18.4 Å². The summed E-state index contributed by atoms with van der Waals surface area (Å²) in [6, 6.07) is 30.8. The van der Waals surface area contributed by atoms with E-state index in [1.54, 1.807) is 54.6 Å². The SMILES string of the molecule is COc1ccc(NC(=O)COc2ccc(C(=O)NN(c3ccccc3)c3ccccc3)cc2OC)cc1. The molecule has 2 amide bonds. The molecular weight excluding hydrogens is 470 g/mol. The summed E-state index contributed by atoms with van der Waals surface area (Å²) in [5, 5.41) is 4.46. The van der Waals surface area contributed by atoms with Gasteiger partial charge in [-0.1, -0.05) is 36.4 Å². The highest BCUT2D eigenvalue weighted by Gasteiger charge is 2.17. The molecule has 0 aliphatic rings. The number of carbonyl (C=O) groups is 2. The number of nitrogens with one attached hydrogen (secondary N) is 2. The number of ether oxygens (including phenoxy) is 3. The minimum Gasteiger partial charge on any atom is -0.497 e. The molecule has 0 bridgehead atoms. The molecule has 4 rings (SSSR count). The van der Waals surface area contributed by atoms with Crippen LogP contribution >= 0.6 is 0 Å². The van der Waals surface area contributed by atoms with Crippen LogP contribution in [0.3, 0.4) is 0 Å². The van der Waals surface area contributed by atoms with E-state index in [1.807, 2.05) is 60.7 Å². The lowest BCUT2D eigenvalue weighted by Gasteiger charge is -2.25. The molecule has 0 heterocycles. The van der Waals surface area contributed by atoms with Gasteiger partial charge < -0.3 is 19.5 Å². The Morgan fingerprint density at radius 1 is 0.730 bits per heavy atom. The highest BCUT2D eigenvalue weighted by atomic mass is 16.5. The third-order valence-corrected chi connectivity index (χ3v) is 5.40. The summed E-state index contributed by atoms with van der Waals surface area (Å²) in [4.78, 5) is 25.5. The second-order valence-electron chi connectivity index (χ2n) is 7.88. The Morgan fingerprint density at radius 2 is 1.35 bits per heavy atom. The highest BCUT2D eigenvalue weighted by molar-refractivity contribution is 5.97. The van der Waals surface area contributed by atoms with E-state index in [2.05, 4.69) is 10.7 Å². The molecular formula is C29H27N3O5. The van der Waals surface area contributed by atoms with Crippen molar-refractivity contribution in [2.75, 3.05) is 31.2 Å². The molecule has 0 aliphatic carbocycles. The fourth-order valence-electron chi connectivity index (χ4n) is 3.54. The first kappa shape index (κ1) is 25.1. The second kappa shape index (κ2) is 12.1. The normalized spacial score (nSPS) is 10.2. The predicted molar refractivity (Wildman–Crippen MR) is 143 cm³/mol. The van der Waals surface area contributed by atoms with Gasteiger partial charge in [-0.25, -0.2) is 0 Å². The minimum absolute atomic E-state index is 0.232. The van der Waals surface area contributed by atoms with Crippen LogP contribution in [0, 0.1) is 0 Å². The molecule has 4 aromatic rings. The van der Waals surface area contributed by atoms with Crippen molar-refractivity contribution in [1.82, 2.24) is 5.43 Å². The Morgan fingerprint density at radius 3 is 1.92 bits per heavy atom. The van der Waals surface area contributed by atoms with Crippen molar-refractivity contribution in [2.24, 2.45) is 0 Å². The van der Waals surface area contributed by atoms with Crippen LogP contribution in [0.15, 0.2) is 103 Å². The van der Waals surface area contributed by atoms with Gasteiger partial charge in [-0.3, -0.25) is 20.0 Å². The Labute approximate surface area is 215 Å². The molecule has 0 fully saturated rings. The Balaban J connectivity index is 1.43. The van der Waals surface area contributed by atoms with Crippen molar-refractivity contribution in [3.05, 3.63) is 109 Å². The zero-order valence-electron chi connectivity index (χ0n) is 20.5. The fraction of sp³-hybridized carbons (Fsp3) is 0.103. The number of carbonyl (C=O) groups excluding carboxylic acids is 2. The van der Waals surface area contributed by atoms with E-state index in [1.165, 1.54) is 7.11 Å². The van der Waals surface area contributed by atoms with Crippen molar-refractivity contribution in [2.45, 2.75) is 0 Å². The van der Waals surface area contributed by atoms with Gasteiger partial charge in [0.15, 0.2) is 18.1 Å². The number of rotatable bonds is 10. The summed E-state index contributed by atoms with van der Waals surface area (Å²) in [7, 11) is 3.05. The molecule has 0 unspecified atom stereocenters. The molecule has 0 saturated heterocycles. The maximum Gasteiger partial charge on any atom is 0.270 e. The molecule has 0 saturated carbocycles. The first-order valence-electron chi connectivity index (χ1n) is 11.5. The molecule has 37 heavy (non-hydrogen) atoms. The monoisotopic (exact) mass is 497 g/mol. The molecule has 0 aliphatic heterocycles. The van der Waals surface area contributed by atoms with Gasteiger partial charge in [-0.05, 0) is 66.7 Å². The number of amides is 2. The lowest BCUT2D eigenvalue weighted by atomic mass is 10.2. The molecule has 188 valence electrons. The van der Waals surface area contributed by atoms with Gasteiger partial charge in [-0.2, -0.15) is 0 Å². The maximum atomic E-state index is 13.2. The van der Waals surface area contributed by atoms with Gasteiger partial charge in [0.1, 0.15) is 5.75 Å². The van der Waals surface area contributed by atoms with Crippen LogP contribution < -0.4 is 30.0 Å². The van der Waals surface area contributed by atoms with E-state index in [4.69, 9.17) is 14.2 Å². The lowest BCUT2D eigenvalue weighted by molar-refractivity contribution is -0.118. The number of nitrogens with zero attached hydrogens (tertiary/aromatic N) is 1. The van der Waals surface area contributed by atoms with E-state index in [0.29, 0.717) is 28.5 Å². The van der Waals surface area contributed by atoms with Crippen LogP contribution in [-0.2, 0) is 4.79 Å². The molecule has 4 aromatic carbocycles. The summed E-state index contributed by atoms with van der Waals surface area (Å²) < 4.78 is 16.2. The van der Waals surface area contributed by atoms with Crippen LogP contribution in [0.2, 0.25) is 0 Å². The summed E-state index contributed by atoms with van der Waals surface area (Å²) in [6.45, 7) is -0.232. The zero-order chi connectivity index (χ0) is 26.0. The van der Waals surface area contributed by atoms with E-state index in [9.17, 15) is 9.59 Å². The Bertz CT molecular complexity index is 1290. The van der Waals surface area contributed by atoms with Gasteiger partial charge in [0.25, 0.3) is 11.8 Å². The molecule has 8 heteroatoms. The number of anilines is 3. The quantitative estimate of drug-likeness (QED) is 0.293. The van der Waals surface area contributed by atoms with Crippen LogP contribution in [0.25, 0.3) is 0 Å². The standard InChI is InChI=1S/C29H27N3O5/c1-35-25-16-14-22(15-17-25)30-28(33)20-37-26-18-13-21(19-27(26)36-2)29(34)31-32(23-9-5-3-6-10-23)24-11-7-4-8-12-24/h3-19H,20H2,1-2H3,(H,30,33)(H,31,34). The number of hydrogen-bond donors (Lipinski definition) is 2. The number of methoxy groups -OCH3 is 2. The fourth-order valence-corrected chi connectivity index (χ4v) is 3.54. The molecule has 8 nitrogen and oxygen atoms in total. The van der Waals surface area contributed by atoms with Crippen LogP contribution in [-0.4, -0.2) is 32.6 Å². The minimum atomic E-state index is -0.338. The lowest BCUT2D eigenvalue weighted by Crippen LogP contribution is -2.38. The van der Waals surface area contributed by atoms with Gasteiger partial charge in [0, 0.05) is 11.3 Å². The molecule has 0 aromatic heterocycles. The van der Waals surface area contributed by atoms with Gasteiger partial charge in [-0.15, -0.1) is 0 Å². The van der Waals surface area contributed by atoms with Gasteiger partial charge in [0.05, 0.1) is 25.6 Å². The largest absolute Gasteiger partial charge is 0.497 e. The average Bonchev–Trinajstić information content (AvgIpc) is 2.96. The van der Waals surface area contributed by atoms with Crippen molar-refractivity contribution in [1.29, 1.82) is 0 Å². The van der Waals surface area contributed by atoms with Crippen LogP contribution in [0.1, 0.15) is 10.4 Å². The van der Waals surface area contributed by atoms with Crippen LogP contribution in [0.4, 0.5) is 17.1 Å². The second-order valence-corrected chi connectivity index (χ2v) is 7.88. The summed E-state index contributed by atoms with van der Waals surface area (Å²) in [5.41, 5.74) is 5.54. The van der Waals surface area contributed by atoms with Crippen molar-refractivity contribution >= 4 is 28.9 Å².